The van der Waals surface area contributed by atoms with Crippen LogP contribution in [0, 0.1) is 6.92 Å². The Balaban J connectivity index is 1.61. The number of rotatable bonds is 3. The highest BCUT2D eigenvalue weighted by Crippen LogP contribution is 2.36. The first-order chi connectivity index (χ1) is 12.1. The maximum Gasteiger partial charge on any atom is 0.261 e. The van der Waals surface area contributed by atoms with Crippen molar-refractivity contribution in [1.82, 2.24) is 10.2 Å². The molecule has 0 fully saturated rings. The van der Waals surface area contributed by atoms with Gasteiger partial charge in [-0.3, -0.25) is 9.59 Å². The maximum absolute atomic E-state index is 12.6. The molecule has 1 aliphatic carbocycles. The lowest BCUT2D eigenvalue weighted by molar-refractivity contribution is -0.120. The van der Waals surface area contributed by atoms with Gasteiger partial charge in [-0.15, -0.1) is 20.4 Å². The molecule has 0 spiro atoms. The van der Waals surface area contributed by atoms with Crippen LogP contribution in [0.25, 0.3) is 0 Å². The van der Waals surface area contributed by atoms with Crippen molar-refractivity contribution in [1.29, 1.82) is 0 Å². The fourth-order valence-electron chi connectivity index (χ4n) is 3.10. The van der Waals surface area contributed by atoms with E-state index in [0.717, 1.165) is 17.8 Å². The molecule has 126 valence electrons. The Morgan fingerprint density at radius 2 is 1.76 bits per heavy atom. The van der Waals surface area contributed by atoms with Gasteiger partial charge < -0.3 is 0 Å². The quantitative estimate of drug-likeness (QED) is 0.616. The molecular weight excluding hydrogens is 338 g/mol. The molecule has 8 heteroatoms. The van der Waals surface area contributed by atoms with Crippen LogP contribution in [0.15, 0.2) is 45.6 Å². The van der Waals surface area contributed by atoms with E-state index >= 15 is 0 Å². The molecule has 0 saturated carbocycles. The molecule has 1 aromatic carbocycles. The lowest BCUT2D eigenvalue weighted by atomic mass is 9.93. The number of anilines is 1. The minimum atomic E-state index is -0.200. The van der Waals surface area contributed by atoms with Crippen LogP contribution in [0.2, 0.25) is 0 Å². The molecule has 1 aliphatic heterocycles. The van der Waals surface area contributed by atoms with Gasteiger partial charge in [0.05, 0.1) is 11.4 Å². The van der Waals surface area contributed by atoms with Crippen molar-refractivity contribution in [3.05, 3.63) is 40.4 Å². The zero-order valence-electron chi connectivity index (χ0n) is 13.6. The summed E-state index contributed by atoms with van der Waals surface area (Å²) < 4.78 is 0. The Bertz CT molecular complexity index is 903. The predicted octanol–water partition coefficient (Wildman–Crippen LogP) is 4.01. The molecule has 4 rings (SSSR count). The predicted molar refractivity (Wildman–Crippen MR) is 93.3 cm³/mol. The zero-order valence-corrected chi connectivity index (χ0v) is 14.4. The van der Waals surface area contributed by atoms with Crippen molar-refractivity contribution in [3.63, 3.8) is 0 Å². The van der Waals surface area contributed by atoms with Crippen LogP contribution in [-0.2, 0) is 9.59 Å². The van der Waals surface area contributed by atoms with E-state index in [9.17, 15) is 9.59 Å². The third-order valence-corrected chi connectivity index (χ3v) is 4.97. The van der Waals surface area contributed by atoms with Gasteiger partial charge in [0.1, 0.15) is 5.01 Å². The van der Waals surface area contributed by atoms with Gasteiger partial charge in [0.15, 0.2) is 0 Å². The first-order valence-corrected chi connectivity index (χ1v) is 8.88. The number of carbonyl (C=O) groups is 2. The van der Waals surface area contributed by atoms with Gasteiger partial charge in [-0.2, -0.15) is 0 Å². The van der Waals surface area contributed by atoms with Crippen LogP contribution in [-0.4, -0.2) is 22.0 Å². The topological polar surface area (TPSA) is 87.9 Å². The number of amides is 2. The van der Waals surface area contributed by atoms with Crippen molar-refractivity contribution >= 4 is 39.7 Å². The molecular formula is C17H15N5O2S. The molecule has 0 radical (unpaired) electrons. The van der Waals surface area contributed by atoms with E-state index in [0.29, 0.717) is 40.5 Å². The van der Waals surface area contributed by atoms with Gasteiger partial charge in [0.2, 0.25) is 0 Å². The molecule has 0 atom stereocenters. The van der Waals surface area contributed by atoms with Crippen molar-refractivity contribution in [2.45, 2.75) is 32.6 Å². The molecule has 2 heterocycles. The molecule has 0 N–H and O–H groups in total. The molecule has 0 unspecified atom stereocenters. The third kappa shape index (κ3) is 2.89. The van der Waals surface area contributed by atoms with Crippen LogP contribution in [0.1, 0.15) is 30.7 Å². The van der Waals surface area contributed by atoms with Gasteiger partial charge in [-0.25, -0.2) is 4.90 Å². The first kappa shape index (κ1) is 15.8. The van der Waals surface area contributed by atoms with Crippen LogP contribution < -0.4 is 4.90 Å². The SMILES string of the molecule is Cc1nnc(N=Nc2cccc(N3C(=O)C4=C(CCCC4)C3=O)c2)s1. The molecule has 0 bridgehead atoms. The van der Waals surface area contributed by atoms with Crippen molar-refractivity contribution in [2.24, 2.45) is 10.2 Å². The number of hydrogen-bond donors (Lipinski definition) is 0. The van der Waals surface area contributed by atoms with Gasteiger partial charge in [-0.05, 0) is 50.8 Å². The van der Waals surface area contributed by atoms with Gasteiger partial charge in [0, 0.05) is 11.1 Å². The average Bonchev–Trinajstić information content (AvgIpc) is 3.15. The molecule has 2 aromatic rings. The summed E-state index contributed by atoms with van der Waals surface area (Å²) in [5.74, 6) is -0.401. The summed E-state index contributed by atoms with van der Waals surface area (Å²) >= 11 is 1.34. The van der Waals surface area contributed by atoms with Gasteiger partial charge in [-0.1, -0.05) is 17.4 Å². The summed E-state index contributed by atoms with van der Waals surface area (Å²) in [5.41, 5.74) is 2.42. The highest BCUT2D eigenvalue weighted by Gasteiger charge is 2.39. The van der Waals surface area contributed by atoms with E-state index in [4.69, 9.17) is 0 Å². The minimum Gasteiger partial charge on any atom is -0.269 e. The van der Waals surface area contributed by atoms with E-state index in [-0.39, 0.29) is 11.8 Å². The number of hydrogen-bond acceptors (Lipinski definition) is 7. The fourth-order valence-corrected chi connectivity index (χ4v) is 3.60. The second-order valence-electron chi connectivity index (χ2n) is 5.93. The Morgan fingerprint density at radius 1 is 1.04 bits per heavy atom. The number of imide groups is 1. The summed E-state index contributed by atoms with van der Waals surface area (Å²) in [6.07, 6.45) is 3.29. The Hall–Kier alpha value is -2.74. The highest BCUT2D eigenvalue weighted by atomic mass is 32.1. The number of aromatic nitrogens is 2. The largest absolute Gasteiger partial charge is 0.269 e. The molecule has 2 amide bonds. The highest BCUT2D eigenvalue weighted by molar-refractivity contribution is 7.14. The van der Waals surface area contributed by atoms with Crippen molar-refractivity contribution in [2.75, 3.05) is 4.90 Å². The number of carbonyl (C=O) groups excluding carboxylic acids is 2. The Morgan fingerprint density at radius 3 is 2.40 bits per heavy atom. The van der Waals surface area contributed by atoms with Gasteiger partial charge in [0.25, 0.3) is 16.9 Å². The summed E-state index contributed by atoms with van der Waals surface area (Å²) in [4.78, 5) is 26.5. The number of azo groups is 1. The zero-order chi connectivity index (χ0) is 17.4. The standard InChI is InChI=1S/C17H15N5O2S/c1-10-18-20-17(25-10)21-19-11-5-4-6-12(9-11)22-15(23)13-7-2-3-8-14(13)16(22)24/h4-6,9H,2-3,7-8H2,1H3. The van der Waals surface area contributed by atoms with E-state index in [1.54, 1.807) is 24.3 Å². The van der Waals surface area contributed by atoms with E-state index in [1.165, 1.54) is 16.2 Å². The van der Waals surface area contributed by atoms with E-state index < -0.39 is 0 Å². The monoisotopic (exact) mass is 353 g/mol. The number of nitrogens with zero attached hydrogens (tertiary/aromatic N) is 5. The first-order valence-electron chi connectivity index (χ1n) is 8.06. The second kappa shape index (κ2) is 6.29. The molecule has 7 nitrogen and oxygen atoms in total. The lowest BCUT2D eigenvalue weighted by Crippen LogP contribution is -2.31. The Labute approximate surface area is 148 Å². The summed E-state index contributed by atoms with van der Waals surface area (Å²) in [7, 11) is 0. The van der Waals surface area contributed by atoms with Gasteiger partial charge >= 0.3 is 0 Å². The van der Waals surface area contributed by atoms with E-state index in [1.807, 2.05) is 6.92 Å². The fraction of sp³-hybridized carbons (Fsp3) is 0.294. The minimum absolute atomic E-state index is 0.200. The normalized spacial score (nSPS) is 17.7. The summed E-state index contributed by atoms with van der Waals surface area (Å²) in [5, 5.41) is 17.2. The third-order valence-electron chi connectivity index (χ3n) is 4.24. The Kier molecular flexibility index (Phi) is 3.96. The summed E-state index contributed by atoms with van der Waals surface area (Å²) in [6, 6.07) is 6.94. The molecule has 2 aliphatic rings. The van der Waals surface area contributed by atoms with Crippen LogP contribution in [0.5, 0.6) is 0 Å². The second-order valence-corrected chi connectivity index (χ2v) is 7.09. The lowest BCUT2D eigenvalue weighted by Gasteiger charge is -2.15. The molecule has 1 aromatic heterocycles. The van der Waals surface area contributed by atoms with Crippen molar-refractivity contribution in [3.8, 4) is 0 Å². The van der Waals surface area contributed by atoms with Crippen molar-refractivity contribution < 1.29 is 9.59 Å². The van der Waals surface area contributed by atoms with E-state index in [2.05, 4.69) is 20.4 Å². The number of aryl methyl sites for hydroxylation is 1. The van der Waals surface area contributed by atoms with Crippen LogP contribution in [0.3, 0.4) is 0 Å². The van der Waals surface area contributed by atoms with Crippen LogP contribution >= 0.6 is 11.3 Å². The van der Waals surface area contributed by atoms with Crippen LogP contribution in [0.4, 0.5) is 16.5 Å². The molecule has 0 saturated heterocycles. The molecule has 25 heavy (non-hydrogen) atoms. The summed E-state index contributed by atoms with van der Waals surface area (Å²) in [6.45, 7) is 1.84. The average molecular weight is 353 g/mol. The smallest absolute Gasteiger partial charge is 0.261 e. The number of benzene rings is 1. The maximum atomic E-state index is 12.6.